The van der Waals surface area contributed by atoms with Gasteiger partial charge in [0, 0.05) is 18.4 Å². The van der Waals surface area contributed by atoms with Crippen LogP contribution in [0.1, 0.15) is 0 Å². The van der Waals surface area contributed by atoms with E-state index >= 15 is 0 Å². The predicted octanol–water partition coefficient (Wildman–Crippen LogP) is 0.537. The number of hydrogen-bond donors (Lipinski definition) is 3. The van der Waals surface area contributed by atoms with E-state index in [1.165, 1.54) is 6.33 Å². The maximum atomic E-state index is 5.20. The molecule has 0 aliphatic heterocycles. The summed E-state index contributed by atoms with van der Waals surface area (Å²) in [6.07, 6.45) is 3.53. The molecule has 0 amide bonds. The van der Waals surface area contributed by atoms with Gasteiger partial charge in [0.2, 0.25) is 0 Å². The van der Waals surface area contributed by atoms with Gasteiger partial charge in [-0.05, 0) is 6.26 Å². The minimum atomic E-state index is 0.613. The summed E-state index contributed by atoms with van der Waals surface area (Å²) in [6.45, 7) is 0.891. The highest BCUT2D eigenvalue weighted by Gasteiger charge is 1.95. The number of nitrogens with zero attached hydrogens (tertiary/aromatic N) is 2. The number of hydrazine groups is 1. The van der Waals surface area contributed by atoms with Crippen LogP contribution in [-0.4, -0.2) is 28.5 Å². The molecule has 1 aromatic heterocycles. The lowest BCUT2D eigenvalue weighted by atomic mass is 10.5. The number of nitrogens with two attached hydrogens (primary N) is 1. The number of nitrogen functional groups attached to an aromatic ring is 1. The van der Waals surface area contributed by atoms with Crippen molar-refractivity contribution in [3.63, 3.8) is 0 Å². The quantitative estimate of drug-likeness (QED) is 0.365. The summed E-state index contributed by atoms with van der Waals surface area (Å²) in [4.78, 5) is 7.93. The van der Waals surface area contributed by atoms with Gasteiger partial charge >= 0.3 is 0 Å². The first-order valence-corrected chi connectivity index (χ1v) is 5.27. The molecule has 0 aliphatic carbocycles. The monoisotopic (exact) mass is 199 g/mol. The Morgan fingerprint density at radius 3 is 2.92 bits per heavy atom. The summed E-state index contributed by atoms with van der Waals surface area (Å²) in [6, 6.07) is 1.76. The summed E-state index contributed by atoms with van der Waals surface area (Å²) in [7, 11) is 0. The number of aromatic nitrogens is 2. The Bertz CT molecular complexity index is 254. The molecule has 1 rings (SSSR count). The number of hydrogen-bond acceptors (Lipinski definition) is 6. The van der Waals surface area contributed by atoms with Gasteiger partial charge in [-0.3, -0.25) is 0 Å². The average Bonchev–Trinajstić information content (AvgIpc) is 2.19. The summed E-state index contributed by atoms with van der Waals surface area (Å²) < 4.78 is 0. The lowest BCUT2D eigenvalue weighted by Crippen LogP contribution is -2.10. The van der Waals surface area contributed by atoms with Gasteiger partial charge < -0.3 is 10.7 Å². The molecule has 72 valence electrons. The lowest BCUT2D eigenvalue weighted by molar-refractivity contribution is 1.10. The minimum Gasteiger partial charge on any atom is -0.369 e. The first-order valence-electron chi connectivity index (χ1n) is 3.88. The van der Waals surface area contributed by atoms with Crippen molar-refractivity contribution in [1.29, 1.82) is 0 Å². The highest BCUT2D eigenvalue weighted by atomic mass is 32.2. The van der Waals surface area contributed by atoms with E-state index in [0.29, 0.717) is 5.82 Å². The molecule has 13 heavy (non-hydrogen) atoms. The molecule has 1 aromatic rings. The van der Waals surface area contributed by atoms with Crippen molar-refractivity contribution in [3.8, 4) is 0 Å². The highest BCUT2D eigenvalue weighted by Crippen LogP contribution is 2.06. The Kier molecular flexibility index (Phi) is 4.34. The largest absolute Gasteiger partial charge is 0.369 e. The van der Waals surface area contributed by atoms with Gasteiger partial charge in [-0.1, -0.05) is 0 Å². The van der Waals surface area contributed by atoms with Crippen LogP contribution in [0.3, 0.4) is 0 Å². The van der Waals surface area contributed by atoms with Gasteiger partial charge in [0.15, 0.2) is 0 Å². The summed E-state index contributed by atoms with van der Waals surface area (Å²) in [5.41, 5.74) is 2.46. The SMILES string of the molecule is CSCCNc1cc(NN)ncn1. The number of nitrogens with one attached hydrogen (secondary N) is 2. The summed E-state index contributed by atoms with van der Waals surface area (Å²) in [5, 5.41) is 3.15. The molecular formula is C7H13N5S. The van der Waals surface area contributed by atoms with Gasteiger partial charge in [-0.25, -0.2) is 15.8 Å². The van der Waals surface area contributed by atoms with Crippen molar-refractivity contribution in [2.45, 2.75) is 0 Å². The van der Waals surface area contributed by atoms with Crippen molar-refractivity contribution >= 4 is 23.4 Å². The van der Waals surface area contributed by atoms with Crippen molar-refractivity contribution in [2.75, 3.05) is 29.3 Å². The van der Waals surface area contributed by atoms with E-state index < -0.39 is 0 Å². The van der Waals surface area contributed by atoms with Crippen LogP contribution in [-0.2, 0) is 0 Å². The second-order valence-corrected chi connectivity index (χ2v) is 3.34. The third-order valence-corrected chi connectivity index (χ3v) is 2.04. The van der Waals surface area contributed by atoms with E-state index in [1.54, 1.807) is 17.8 Å². The maximum absolute atomic E-state index is 5.20. The summed E-state index contributed by atoms with van der Waals surface area (Å²) >= 11 is 1.78. The second kappa shape index (κ2) is 5.60. The highest BCUT2D eigenvalue weighted by molar-refractivity contribution is 7.98. The molecule has 0 aliphatic rings. The molecule has 0 unspecified atom stereocenters. The second-order valence-electron chi connectivity index (χ2n) is 2.35. The fourth-order valence-electron chi connectivity index (χ4n) is 0.814. The topological polar surface area (TPSA) is 75.9 Å². The Labute approximate surface area is 81.5 Å². The zero-order valence-corrected chi connectivity index (χ0v) is 8.27. The molecule has 6 heteroatoms. The first kappa shape index (κ1) is 10.1. The van der Waals surface area contributed by atoms with Crippen LogP contribution < -0.4 is 16.6 Å². The van der Waals surface area contributed by atoms with Crippen LogP contribution in [0, 0.1) is 0 Å². The van der Waals surface area contributed by atoms with E-state index in [4.69, 9.17) is 5.84 Å². The fraction of sp³-hybridized carbons (Fsp3) is 0.429. The number of thioether (sulfide) groups is 1. The molecule has 0 saturated heterocycles. The van der Waals surface area contributed by atoms with E-state index in [-0.39, 0.29) is 0 Å². The van der Waals surface area contributed by atoms with Crippen molar-refractivity contribution in [2.24, 2.45) is 5.84 Å². The molecule has 0 radical (unpaired) electrons. The van der Waals surface area contributed by atoms with E-state index in [9.17, 15) is 0 Å². The molecule has 0 aromatic carbocycles. The zero-order chi connectivity index (χ0) is 9.52. The van der Waals surface area contributed by atoms with Gasteiger partial charge in [0.25, 0.3) is 0 Å². The molecule has 0 atom stereocenters. The Morgan fingerprint density at radius 2 is 2.23 bits per heavy atom. The lowest BCUT2D eigenvalue weighted by Gasteiger charge is -2.04. The van der Waals surface area contributed by atoms with E-state index in [0.717, 1.165) is 18.1 Å². The normalized spacial score (nSPS) is 9.69. The summed E-state index contributed by atoms with van der Waals surface area (Å²) in [5.74, 6) is 7.65. The molecule has 0 bridgehead atoms. The Hall–Kier alpha value is -1.01. The molecule has 0 spiro atoms. The van der Waals surface area contributed by atoms with Gasteiger partial charge in [0.1, 0.15) is 18.0 Å². The molecule has 1 heterocycles. The number of anilines is 2. The molecule has 0 fully saturated rings. The van der Waals surface area contributed by atoms with Crippen LogP contribution in [0.5, 0.6) is 0 Å². The number of rotatable bonds is 5. The van der Waals surface area contributed by atoms with Crippen LogP contribution >= 0.6 is 11.8 Å². The Balaban J connectivity index is 2.46. The van der Waals surface area contributed by atoms with Crippen molar-refractivity contribution in [3.05, 3.63) is 12.4 Å². The third-order valence-electron chi connectivity index (χ3n) is 1.43. The van der Waals surface area contributed by atoms with Gasteiger partial charge in [0.05, 0.1) is 0 Å². The average molecular weight is 199 g/mol. The van der Waals surface area contributed by atoms with Gasteiger partial charge in [-0.2, -0.15) is 11.8 Å². The van der Waals surface area contributed by atoms with Gasteiger partial charge in [-0.15, -0.1) is 0 Å². The standard InChI is InChI=1S/C7H13N5S/c1-13-3-2-9-6-4-7(12-8)11-5-10-6/h4-5H,2-3,8H2,1H3,(H2,9,10,11,12). The van der Waals surface area contributed by atoms with E-state index in [1.807, 2.05) is 0 Å². The van der Waals surface area contributed by atoms with Crippen molar-refractivity contribution in [1.82, 2.24) is 9.97 Å². The minimum absolute atomic E-state index is 0.613. The van der Waals surface area contributed by atoms with Crippen LogP contribution in [0.2, 0.25) is 0 Å². The fourth-order valence-corrected chi connectivity index (χ4v) is 1.12. The van der Waals surface area contributed by atoms with E-state index in [2.05, 4.69) is 27.0 Å². The van der Waals surface area contributed by atoms with Crippen LogP contribution in [0.15, 0.2) is 12.4 Å². The molecular weight excluding hydrogens is 186 g/mol. The van der Waals surface area contributed by atoms with Crippen LogP contribution in [0.4, 0.5) is 11.6 Å². The Morgan fingerprint density at radius 1 is 1.46 bits per heavy atom. The van der Waals surface area contributed by atoms with Crippen LogP contribution in [0.25, 0.3) is 0 Å². The molecule has 5 nitrogen and oxygen atoms in total. The smallest absolute Gasteiger partial charge is 0.145 e. The third kappa shape index (κ3) is 3.47. The first-order chi connectivity index (χ1) is 6.36. The maximum Gasteiger partial charge on any atom is 0.145 e. The predicted molar refractivity (Wildman–Crippen MR) is 56.7 cm³/mol. The molecule has 0 saturated carbocycles. The molecule has 4 N–H and O–H groups in total. The zero-order valence-electron chi connectivity index (χ0n) is 7.45. The van der Waals surface area contributed by atoms with Crippen molar-refractivity contribution < 1.29 is 0 Å².